The van der Waals surface area contributed by atoms with E-state index in [1.807, 2.05) is 9.47 Å². The van der Waals surface area contributed by atoms with E-state index < -0.39 is 0 Å². The number of hydrogen-bond acceptors (Lipinski definition) is 3. The summed E-state index contributed by atoms with van der Waals surface area (Å²) in [4.78, 5) is 24.8. The molecule has 0 spiro atoms. The molecule has 1 aliphatic heterocycles. The molecule has 2 heterocycles. The first-order chi connectivity index (χ1) is 9.25. The summed E-state index contributed by atoms with van der Waals surface area (Å²) < 4.78 is 1.98. The molecule has 19 heavy (non-hydrogen) atoms. The van der Waals surface area contributed by atoms with E-state index in [0.717, 1.165) is 45.6 Å². The molecule has 1 aliphatic rings. The lowest BCUT2D eigenvalue weighted by Gasteiger charge is -2.27. The largest absolute Gasteiger partial charge is 0.354 e. The van der Waals surface area contributed by atoms with Crippen molar-refractivity contribution in [3.05, 3.63) is 34.7 Å². The smallest absolute Gasteiger partial charge is 0.222 e. The molecule has 1 aromatic rings. The molecule has 1 amide bonds. The van der Waals surface area contributed by atoms with Gasteiger partial charge in [0.25, 0.3) is 0 Å². The number of aryl methyl sites for hydroxylation is 1. The maximum Gasteiger partial charge on any atom is 0.222 e. The van der Waals surface area contributed by atoms with Crippen molar-refractivity contribution in [1.82, 2.24) is 14.8 Å². The van der Waals surface area contributed by atoms with Crippen LogP contribution in [0.2, 0.25) is 0 Å². The minimum atomic E-state index is 0.0325. The lowest BCUT2D eigenvalue weighted by Crippen LogP contribution is -2.46. The van der Waals surface area contributed by atoms with E-state index in [9.17, 15) is 9.59 Å². The van der Waals surface area contributed by atoms with Crippen LogP contribution in [0, 0.1) is 0 Å². The van der Waals surface area contributed by atoms with Crippen LogP contribution in [-0.2, 0) is 11.3 Å². The van der Waals surface area contributed by atoms with Crippen molar-refractivity contribution in [2.75, 3.05) is 26.2 Å². The molecular weight excluding hydrogens is 242 g/mol. The van der Waals surface area contributed by atoms with Gasteiger partial charge in [0.1, 0.15) is 0 Å². The van der Waals surface area contributed by atoms with Crippen molar-refractivity contribution >= 4 is 5.91 Å². The maximum absolute atomic E-state index is 11.9. The monoisotopic (exact) mass is 263 g/mol. The number of rotatable bonds is 5. The molecular formula is C14H21N3O2. The van der Waals surface area contributed by atoms with Crippen LogP contribution in [0.1, 0.15) is 19.3 Å². The van der Waals surface area contributed by atoms with Gasteiger partial charge in [0.2, 0.25) is 5.91 Å². The Labute approximate surface area is 113 Å². The van der Waals surface area contributed by atoms with Crippen LogP contribution >= 0.6 is 0 Å². The summed E-state index contributed by atoms with van der Waals surface area (Å²) in [5.74, 6) is 0.265. The molecule has 0 aliphatic carbocycles. The predicted molar refractivity (Wildman–Crippen MR) is 74.0 cm³/mol. The second-order valence-corrected chi connectivity index (χ2v) is 4.86. The number of piperazine rings is 1. The maximum atomic E-state index is 11.9. The molecule has 0 aromatic carbocycles. The Morgan fingerprint density at radius 3 is 2.53 bits per heavy atom. The van der Waals surface area contributed by atoms with Gasteiger partial charge in [-0.2, -0.15) is 0 Å². The summed E-state index contributed by atoms with van der Waals surface area (Å²) >= 11 is 0. The second-order valence-electron chi connectivity index (χ2n) is 4.86. The summed E-state index contributed by atoms with van der Waals surface area (Å²) in [6, 6.07) is 3.12. The third-order valence-corrected chi connectivity index (χ3v) is 3.39. The first-order valence-electron chi connectivity index (χ1n) is 6.90. The topological polar surface area (TPSA) is 54.3 Å². The van der Waals surface area contributed by atoms with Crippen molar-refractivity contribution in [2.45, 2.75) is 25.8 Å². The lowest BCUT2D eigenvalue weighted by atomic mass is 10.2. The molecule has 104 valence electrons. The van der Waals surface area contributed by atoms with E-state index in [2.05, 4.69) is 5.32 Å². The van der Waals surface area contributed by atoms with Gasteiger partial charge in [-0.3, -0.25) is 9.59 Å². The van der Waals surface area contributed by atoms with Gasteiger partial charge in [0.05, 0.1) is 0 Å². The van der Waals surface area contributed by atoms with Crippen LogP contribution in [0.5, 0.6) is 0 Å². The quantitative estimate of drug-likeness (QED) is 0.785. The Bertz CT molecular complexity index is 444. The molecule has 0 unspecified atom stereocenters. The first kappa shape index (κ1) is 13.8. The number of hydrogen-bond donors (Lipinski definition) is 1. The highest BCUT2D eigenvalue weighted by Gasteiger charge is 2.14. The molecule has 0 saturated carbocycles. The highest BCUT2D eigenvalue weighted by molar-refractivity contribution is 5.76. The number of amides is 1. The fourth-order valence-electron chi connectivity index (χ4n) is 2.24. The number of nitrogens with one attached hydrogen (secondary N) is 1. The normalized spacial score (nSPS) is 15.5. The van der Waals surface area contributed by atoms with E-state index in [4.69, 9.17) is 0 Å². The second kappa shape index (κ2) is 7.09. The molecule has 1 aromatic heterocycles. The number of aromatic nitrogens is 1. The Hall–Kier alpha value is -1.62. The third-order valence-electron chi connectivity index (χ3n) is 3.39. The van der Waals surface area contributed by atoms with E-state index in [1.54, 1.807) is 24.5 Å². The zero-order chi connectivity index (χ0) is 13.5. The highest BCUT2D eigenvalue weighted by Crippen LogP contribution is 2.04. The molecule has 1 fully saturated rings. The highest BCUT2D eigenvalue weighted by atomic mass is 16.2. The van der Waals surface area contributed by atoms with Crippen molar-refractivity contribution < 1.29 is 4.79 Å². The standard InChI is InChI=1S/C14H21N3O2/c18-13-4-9-16(10-5-13)8-2-1-3-14(19)17-11-6-15-7-12-17/h4-5,9-10,15H,1-3,6-8,11-12H2. The number of pyridine rings is 1. The minimum Gasteiger partial charge on any atom is -0.354 e. The zero-order valence-electron chi connectivity index (χ0n) is 11.2. The molecule has 1 N–H and O–H groups in total. The van der Waals surface area contributed by atoms with Gasteiger partial charge in [-0.25, -0.2) is 0 Å². The summed E-state index contributed by atoms with van der Waals surface area (Å²) in [6.07, 6.45) is 6.07. The third kappa shape index (κ3) is 4.52. The Kier molecular flexibility index (Phi) is 5.15. The SMILES string of the molecule is O=C(CCCCn1ccc(=O)cc1)N1CCNCC1. The summed E-state index contributed by atoms with van der Waals surface area (Å²) in [5.41, 5.74) is 0.0325. The van der Waals surface area contributed by atoms with E-state index in [1.165, 1.54) is 0 Å². The summed E-state index contributed by atoms with van der Waals surface area (Å²) in [7, 11) is 0. The fraction of sp³-hybridized carbons (Fsp3) is 0.571. The van der Waals surface area contributed by atoms with E-state index in [-0.39, 0.29) is 11.3 Å². The van der Waals surface area contributed by atoms with Crippen LogP contribution in [0.3, 0.4) is 0 Å². The number of nitrogens with zero attached hydrogens (tertiary/aromatic N) is 2. The zero-order valence-corrected chi connectivity index (χ0v) is 11.2. The van der Waals surface area contributed by atoms with Crippen molar-refractivity contribution in [1.29, 1.82) is 0 Å². The Balaban J connectivity index is 1.64. The molecule has 0 radical (unpaired) electrons. The van der Waals surface area contributed by atoms with Crippen molar-refractivity contribution in [2.24, 2.45) is 0 Å². The summed E-state index contributed by atoms with van der Waals surface area (Å²) in [5, 5.41) is 3.24. The average Bonchev–Trinajstić information content (AvgIpc) is 2.46. The van der Waals surface area contributed by atoms with Crippen LogP contribution in [0.25, 0.3) is 0 Å². The lowest BCUT2D eigenvalue weighted by molar-refractivity contribution is -0.131. The van der Waals surface area contributed by atoms with Gasteiger partial charge in [-0.05, 0) is 12.8 Å². The molecule has 0 atom stereocenters. The van der Waals surface area contributed by atoms with E-state index in [0.29, 0.717) is 6.42 Å². The van der Waals surface area contributed by atoms with Gasteiger partial charge in [0.15, 0.2) is 5.43 Å². The van der Waals surface area contributed by atoms with Gasteiger partial charge >= 0.3 is 0 Å². The Morgan fingerprint density at radius 1 is 1.16 bits per heavy atom. The average molecular weight is 263 g/mol. The van der Waals surface area contributed by atoms with Gasteiger partial charge in [0, 0.05) is 63.7 Å². The molecule has 5 heteroatoms. The number of carbonyl (C=O) groups excluding carboxylic acids is 1. The predicted octanol–water partition coefficient (Wildman–Crippen LogP) is 0.450. The van der Waals surface area contributed by atoms with Gasteiger partial charge in [-0.15, -0.1) is 0 Å². The molecule has 5 nitrogen and oxygen atoms in total. The van der Waals surface area contributed by atoms with Crippen molar-refractivity contribution in [3.63, 3.8) is 0 Å². The fourth-order valence-corrected chi connectivity index (χ4v) is 2.24. The summed E-state index contributed by atoms with van der Waals surface area (Å²) in [6.45, 7) is 4.33. The van der Waals surface area contributed by atoms with Crippen LogP contribution in [0.15, 0.2) is 29.3 Å². The first-order valence-corrected chi connectivity index (χ1v) is 6.90. The number of carbonyl (C=O) groups is 1. The molecule has 2 rings (SSSR count). The van der Waals surface area contributed by atoms with E-state index >= 15 is 0 Å². The van der Waals surface area contributed by atoms with Crippen LogP contribution in [0.4, 0.5) is 0 Å². The minimum absolute atomic E-state index is 0.0325. The van der Waals surface area contributed by atoms with Crippen LogP contribution in [-0.4, -0.2) is 41.6 Å². The van der Waals surface area contributed by atoms with Gasteiger partial charge in [-0.1, -0.05) is 0 Å². The van der Waals surface area contributed by atoms with Gasteiger partial charge < -0.3 is 14.8 Å². The van der Waals surface area contributed by atoms with Crippen molar-refractivity contribution in [3.8, 4) is 0 Å². The molecule has 1 saturated heterocycles. The molecule has 0 bridgehead atoms. The van der Waals surface area contributed by atoms with Crippen LogP contribution < -0.4 is 10.7 Å². The number of unbranched alkanes of at least 4 members (excludes halogenated alkanes) is 1. The Morgan fingerprint density at radius 2 is 1.84 bits per heavy atom.